The van der Waals surface area contributed by atoms with E-state index < -0.39 is 17.8 Å². The van der Waals surface area contributed by atoms with Gasteiger partial charge in [0, 0.05) is 10.6 Å². The van der Waals surface area contributed by atoms with E-state index in [1.807, 2.05) is 65.6 Å². The van der Waals surface area contributed by atoms with Crippen molar-refractivity contribution in [1.82, 2.24) is 0 Å². The molecule has 188 valence electrons. The zero-order valence-corrected chi connectivity index (χ0v) is 21.1. The van der Waals surface area contributed by atoms with E-state index in [4.69, 9.17) is 0 Å². The molecule has 0 radical (unpaired) electrons. The van der Waals surface area contributed by atoms with E-state index in [1.165, 1.54) is 11.8 Å². The van der Waals surface area contributed by atoms with Crippen molar-refractivity contribution >= 4 is 46.6 Å². The first-order valence-electron chi connectivity index (χ1n) is 12.4. The Kier molecular flexibility index (Phi) is 7.42. The summed E-state index contributed by atoms with van der Waals surface area (Å²) in [6.07, 6.45) is 6.24. The lowest BCUT2D eigenvalue weighted by Crippen LogP contribution is -2.34. The van der Waals surface area contributed by atoms with Crippen molar-refractivity contribution in [3.05, 3.63) is 96.1 Å². The molecule has 0 fully saturated rings. The fraction of sp³-hybridized carbons (Fsp3) is 0.233. The minimum atomic E-state index is -0.949. The SMILES string of the molecule is O=C(O)C1CC=CCC1C(=O)Nc1ccc(SCC(=O)N2c3ccccc3CCc3ccccc32)cc1. The molecule has 0 spiro atoms. The first-order valence-corrected chi connectivity index (χ1v) is 13.4. The number of benzene rings is 3. The van der Waals surface area contributed by atoms with E-state index in [1.54, 1.807) is 12.1 Å². The Morgan fingerprint density at radius 1 is 0.811 bits per heavy atom. The summed E-state index contributed by atoms with van der Waals surface area (Å²) < 4.78 is 0. The lowest BCUT2D eigenvalue weighted by molar-refractivity contribution is -0.146. The van der Waals surface area contributed by atoms with Crippen LogP contribution in [0.5, 0.6) is 0 Å². The molecule has 37 heavy (non-hydrogen) atoms. The van der Waals surface area contributed by atoms with E-state index >= 15 is 0 Å². The predicted molar refractivity (Wildman–Crippen MR) is 146 cm³/mol. The number of hydrogen-bond donors (Lipinski definition) is 2. The Bertz CT molecular complexity index is 1300. The molecule has 2 atom stereocenters. The molecule has 2 N–H and O–H groups in total. The normalized spacial score (nSPS) is 18.3. The van der Waals surface area contributed by atoms with Gasteiger partial charge in [0.05, 0.1) is 29.0 Å². The van der Waals surface area contributed by atoms with Crippen LogP contribution in [0, 0.1) is 11.8 Å². The second-order valence-electron chi connectivity index (χ2n) is 9.28. The number of thioether (sulfide) groups is 1. The minimum absolute atomic E-state index is 0.00856. The lowest BCUT2D eigenvalue weighted by atomic mass is 9.82. The van der Waals surface area contributed by atoms with Gasteiger partial charge in [-0.3, -0.25) is 19.3 Å². The van der Waals surface area contributed by atoms with Crippen molar-refractivity contribution in [2.75, 3.05) is 16.0 Å². The third-order valence-electron chi connectivity index (χ3n) is 6.95. The number of para-hydroxylation sites is 2. The van der Waals surface area contributed by atoms with Crippen LogP contribution in [0.25, 0.3) is 0 Å². The van der Waals surface area contributed by atoms with Gasteiger partial charge in [0.15, 0.2) is 0 Å². The van der Waals surface area contributed by atoms with Crippen LogP contribution in [0.3, 0.4) is 0 Å². The van der Waals surface area contributed by atoms with Crippen molar-refractivity contribution < 1.29 is 19.5 Å². The highest BCUT2D eigenvalue weighted by atomic mass is 32.2. The number of carboxylic acids is 1. The number of aryl methyl sites for hydroxylation is 2. The average Bonchev–Trinajstić information content (AvgIpc) is 3.09. The summed E-state index contributed by atoms with van der Waals surface area (Å²) in [5.41, 5.74) is 4.81. The molecule has 6 nitrogen and oxygen atoms in total. The number of amides is 2. The highest BCUT2D eigenvalue weighted by Gasteiger charge is 2.34. The fourth-order valence-electron chi connectivity index (χ4n) is 5.00. The van der Waals surface area contributed by atoms with Crippen LogP contribution in [0.2, 0.25) is 0 Å². The number of carbonyl (C=O) groups excluding carboxylic acids is 2. The number of nitrogens with zero attached hydrogens (tertiary/aromatic N) is 1. The maximum atomic E-state index is 13.5. The quantitative estimate of drug-likeness (QED) is 0.320. The summed E-state index contributed by atoms with van der Waals surface area (Å²) in [5, 5.41) is 12.3. The molecule has 3 aromatic rings. The minimum Gasteiger partial charge on any atom is -0.481 e. The van der Waals surface area contributed by atoms with Gasteiger partial charge in [-0.1, -0.05) is 48.6 Å². The number of carbonyl (C=O) groups is 3. The number of aliphatic carboxylic acids is 1. The van der Waals surface area contributed by atoms with Crippen LogP contribution in [0.1, 0.15) is 24.0 Å². The molecule has 1 aliphatic heterocycles. The number of hydrogen-bond acceptors (Lipinski definition) is 4. The van der Waals surface area contributed by atoms with Crippen LogP contribution in [-0.4, -0.2) is 28.6 Å². The van der Waals surface area contributed by atoms with Crippen molar-refractivity contribution in [2.24, 2.45) is 11.8 Å². The molecule has 0 bridgehead atoms. The van der Waals surface area contributed by atoms with Crippen LogP contribution < -0.4 is 10.2 Å². The first-order chi connectivity index (χ1) is 18.0. The van der Waals surface area contributed by atoms with E-state index in [9.17, 15) is 19.5 Å². The predicted octanol–water partition coefficient (Wildman–Crippen LogP) is 5.85. The van der Waals surface area contributed by atoms with E-state index in [0.717, 1.165) is 40.2 Å². The Balaban J connectivity index is 1.25. The number of nitrogens with one attached hydrogen (secondary N) is 1. The molecule has 2 amide bonds. The second kappa shape index (κ2) is 11.0. The molecule has 0 saturated carbocycles. The van der Waals surface area contributed by atoms with Crippen molar-refractivity contribution in [3.8, 4) is 0 Å². The van der Waals surface area contributed by atoms with Crippen molar-refractivity contribution in [2.45, 2.75) is 30.6 Å². The van der Waals surface area contributed by atoms with Crippen molar-refractivity contribution in [1.29, 1.82) is 0 Å². The zero-order valence-electron chi connectivity index (χ0n) is 20.3. The second-order valence-corrected chi connectivity index (χ2v) is 10.3. The summed E-state index contributed by atoms with van der Waals surface area (Å²) in [7, 11) is 0. The highest BCUT2D eigenvalue weighted by Crippen LogP contribution is 2.37. The Morgan fingerprint density at radius 3 is 1.97 bits per heavy atom. The van der Waals surface area contributed by atoms with Gasteiger partial charge >= 0.3 is 5.97 Å². The van der Waals surface area contributed by atoms with Gasteiger partial charge in [-0.25, -0.2) is 0 Å². The number of anilines is 3. The van der Waals surface area contributed by atoms with E-state index in [-0.39, 0.29) is 17.6 Å². The molecule has 2 unspecified atom stereocenters. The van der Waals surface area contributed by atoms with Crippen LogP contribution in [-0.2, 0) is 27.2 Å². The number of carboxylic acid groups (broad SMARTS) is 1. The first kappa shape index (κ1) is 24.8. The molecule has 3 aromatic carbocycles. The topological polar surface area (TPSA) is 86.7 Å². The van der Waals surface area contributed by atoms with Gasteiger partial charge in [0.25, 0.3) is 0 Å². The Morgan fingerprint density at radius 2 is 1.38 bits per heavy atom. The monoisotopic (exact) mass is 512 g/mol. The summed E-state index contributed by atoms with van der Waals surface area (Å²) in [4.78, 5) is 40.5. The maximum Gasteiger partial charge on any atom is 0.307 e. The van der Waals surface area contributed by atoms with Crippen LogP contribution in [0.15, 0.2) is 89.8 Å². The lowest BCUT2D eigenvalue weighted by Gasteiger charge is -2.25. The standard InChI is InChI=1S/C30H28N2O4S/c33-28(32-26-11-5-1-7-20(26)13-14-21-8-2-6-12-27(21)32)19-37-23-17-15-22(16-18-23)31-29(34)24-9-3-4-10-25(24)30(35)36/h1-8,11-12,15-18,24-25H,9-10,13-14,19H2,(H,31,34)(H,35,36). The van der Waals surface area contributed by atoms with Crippen LogP contribution >= 0.6 is 11.8 Å². The molecule has 0 aromatic heterocycles. The maximum absolute atomic E-state index is 13.5. The molecule has 1 heterocycles. The average molecular weight is 513 g/mol. The van der Waals surface area contributed by atoms with E-state index in [2.05, 4.69) is 17.4 Å². The number of rotatable bonds is 6. The largest absolute Gasteiger partial charge is 0.481 e. The van der Waals surface area contributed by atoms with Crippen LogP contribution in [0.4, 0.5) is 17.1 Å². The molecule has 7 heteroatoms. The third-order valence-corrected chi connectivity index (χ3v) is 7.95. The van der Waals surface area contributed by atoms with Gasteiger partial charge in [-0.05, 0) is 73.2 Å². The number of fused-ring (bicyclic) bond motifs is 2. The summed E-state index contributed by atoms with van der Waals surface area (Å²) in [5.74, 6) is -2.26. The molecule has 1 aliphatic carbocycles. The smallest absolute Gasteiger partial charge is 0.307 e. The molecule has 5 rings (SSSR count). The zero-order chi connectivity index (χ0) is 25.8. The van der Waals surface area contributed by atoms with Gasteiger partial charge in [0.2, 0.25) is 11.8 Å². The van der Waals surface area contributed by atoms with Gasteiger partial charge < -0.3 is 10.4 Å². The van der Waals surface area contributed by atoms with Crippen molar-refractivity contribution in [3.63, 3.8) is 0 Å². The molecular formula is C30H28N2O4S. The Labute approximate surface area is 220 Å². The third kappa shape index (κ3) is 5.47. The molecule has 0 saturated heterocycles. The molecule has 2 aliphatic rings. The van der Waals surface area contributed by atoms with E-state index in [0.29, 0.717) is 18.5 Å². The highest BCUT2D eigenvalue weighted by molar-refractivity contribution is 8.00. The van der Waals surface area contributed by atoms with Gasteiger partial charge in [0.1, 0.15) is 0 Å². The van der Waals surface area contributed by atoms with Gasteiger partial charge in [-0.15, -0.1) is 11.8 Å². The summed E-state index contributed by atoms with van der Waals surface area (Å²) >= 11 is 1.45. The number of allylic oxidation sites excluding steroid dienone is 2. The fourth-order valence-corrected chi connectivity index (χ4v) is 5.75. The summed E-state index contributed by atoms with van der Waals surface area (Å²) in [6, 6.07) is 23.5. The summed E-state index contributed by atoms with van der Waals surface area (Å²) in [6.45, 7) is 0. The Hall–Kier alpha value is -3.84. The van der Waals surface area contributed by atoms with Gasteiger partial charge in [-0.2, -0.15) is 0 Å². The molecular weight excluding hydrogens is 484 g/mol.